The van der Waals surface area contributed by atoms with Crippen molar-refractivity contribution in [3.05, 3.63) is 35.4 Å². The maximum atomic E-state index is 13.8. The van der Waals surface area contributed by atoms with Crippen molar-refractivity contribution in [1.82, 2.24) is 15.1 Å². The second kappa shape index (κ2) is 8.78. The molecule has 1 aromatic rings. The third-order valence-corrected chi connectivity index (χ3v) is 5.79. The summed E-state index contributed by atoms with van der Waals surface area (Å²) in [5.74, 6) is -0.717. The molecular weight excluding hydrogens is 352 g/mol. The molecule has 5 nitrogen and oxygen atoms in total. The Balaban J connectivity index is 1.45. The van der Waals surface area contributed by atoms with Gasteiger partial charge in [0, 0.05) is 32.1 Å². The van der Waals surface area contributed by atoms with Gasteiger partial charge < -0.3 is 10.2 Å². The van der Waals surface area contributed by atoms with Crippen molar-refractivity contribution in [2.75, 3.05) is 32.7 Å². The topological polar surface area (TPSA) is 52.7 Å². The highest BCUT2D eigenvalue weighted by molar-refractivity contribution is 5.83. The van der Waals surface area contributed by atoms with Crippen LogP contribution < -0.4 is 5.32 Å². The van der Waals surface area contributed by atoms with E-state index in [2.05, 4.69) is 10.2 Å². The zero-order valence-electron chi connectivity index (χ0n) is 15.7. The lowest BCUT2D eigenvalue weighted by molar-refractivity contribution is -0.131. The van der Waals surface area contributed by atoms with E-state index in [9.17, 15) is 18.4 Å². The summed E-state index contributed by atoms with van der Waals surface area (Å²) in [5.41, 5.74) is 0.407. The lowest BCUT2D eigenvalue weighted by Gasteiger charge is -2.35. The number of carbonyl (C=O) groups excluding carboxylic acids is 2. The Kier molecular flexibility index (Phi) is 6.42. The number of hydrogen-bond acceptors (Lipinski definition) is 3. The molecule has 2 saturated heterocycles. The van der Waals surface area contributed by atoms with Crippen LogP contribution in [0, 0.1) is 23.5 Å². The van der Waals surface area contributed by atoms with Gasteiger partial charge in [0.05, 0.1) is 6.54 Å². The predicted octanol–water partition coefficient (Wildman–Crippen LogP) is 2.16. The van der Waals surface area contributed by atoms with Gasteiger partial charge in [-0.25, -0.2) is 8.78 Å². The minimum absolute atomic E-state index is 0.0216. The van der Waals surface area contributed by atoms with Gasteiger partial charge in [-0.1, -0.05) is 12.1 Å². The number of piperidine rings is 1. The van der Waals surface area contributed by atoms with Crippen LogP contribution >= 0.6 is 0 Å². The van der Waals surface area contributed by atoms with E-state index in [-0.39, 0.29) is 18.4 Å². The van der Waals surface area contributed by atoms with Gasteiger partial charge in [-0.05, 0) is 50.3 Å². The zero-order chi connectivity index (χ0) is 19.4. The molecule has 2 heterocycles. The fraction of sp³-hybridized carbons (Fsp3) is 0.600. The van der Waals surface area contributed by atoms with E-state index in [1.807, 2.05) is 4.90 Å². The van der Waals surface area contributed by atoms with Crippen molar-refractivity contribution in [2.45, 2.75) is 32.7 Å². The van der Waals surface area contributed by atoms with Gasteiger partial charge in [-0.2, -0.15) is 0 Å². The van der Waals surface area contributed by atoms with Crippen LogP contribution in [0.2, 0.25) is 0 Å². The first-order valence-corrected chi connectivity index (χ1v) is 9.61. The van der Waals surface area contributed by atoms with E-state index in [4.69, 9.17) is 0 Å². The normalized spacial score (nSPS) is 21.4. The summed E-state index contributed by atoms with van der Waals surface area (Å²) in [4.78, 5) is 27.1. The van der Waals surface area contributed by atoms with Crippen molar-refractivity contribution in [1.29, 1.82) is 0 Å². The summed E-state index contributed by atoms with van der Waals surface area (Å²) >= 11 is 0. The van der Waals surface area contributed by atoms with E-state index in [1.165, 1.54) is 6.92 Å². The summed E-state index contributed by atoms with van der Waals surface area (Å²) in [6.45, 7) is 5.12. The quantitative estimate of drug-likeness (QED) is 0.853. The molecule has 0 saturated carbocycles. The Morgan fingerprint density at radius 2 is 1.81 bits per heavy atom. The highest BCUT2D eigenvalue weighted by Gasteiger charge is 2.33. The molecule has 0 spiro atoms. The van der Waals surface area contributed by atoms with Gasteiger partial charge in [0.25, 0.3) is 0 Å². The van der Waals surface area contributed by atoms with Crippen molar-refractivity contribution in [3.63, 3.8) is 0 Å². The molecule has 1 atom stereocenters. The molecular formula is C20H27F2N3O2. The number of nitrogens with zero attached hydrogens (tertiary/aromatic N) is 2. The maximum Gasteiger partial charge on any atom is 0.241 e. The summed E-state index contributed by atoms with van der Waals surface area (Å²) in [5, 5.41) is 2.56. The molecule has 1 aromatic carbocycles. The van der Waals surface area contributed by atoms with Crippen molar-refractivity contribution in [3.8, 4) is 0 Å². The fourth-order valence-electron chi connectivity index (χ4n) is 4.20. The number of benzene rings is 1. The van der Waals surface area contributed by atoms with Crippen molar-refractivity contribution in [2.24, 2.45) is 11.8 Å². The Morgan fingerprint density at radius 3 is 2.52 bits per heavy atom. The van der Waals surface area contributed by atoms with Crippen LogP contribution in [0.5, 0.6) is 0 Å². The van der Waals surface area contributed by atoms with Gasteiger partial charge in [0.15, 0.2) is 11.6 Å². The molecule has 0 aromatic heterocycles. The monoisotopic (exact) mass is 379 g/mol. The highest BCUT2D eigenvalue weighted by Crippen LogP contribution is 2.32. The van der Waals surface area contributed by atoms with E-state index in [0.717, 1.165) is 51.5 Å². The van der Waals surface area contributed by atoms with Crippen LogP contribution in [-0.2, 0) is 16.1 Å². The fourth-order valence-corrected chi connectivity index (χ4v) is 4.20. The molecule has 2 aliphatic rings. The Hall–Kier alpha value is -2.02. The molecule has 0 bridgehead atoms. The molecule has 7 heteroatoms. The van der Waals surface area contributed by atoms with Gasteiger partial charge in [0.2, 0.25) is 11.8 Å². The number of nitrogens with one attached hydrogen (secondary N) is 1. The lowest BCUT2D eigenvalue weighted by atomic mass is 9.83. The summed E-state index contributed by atoms with van der Waals surface area (Å²) in [6, 6.07) is 4.33. The molecule has 3 rings (SSSR count). The second-order valence-electron chi connectivity index (χ2n) is 7.62. The first kappa shape index (κ1) is 19.7. The summed E-state index contributed by atoms with van der Waals surface area (Å²) < 4.78 is 27.2. The first-order valence-electron chi connectivity index (χ1n) is 9.61. The van der Waals surface area contributed by atoms with E-state index >= 15 is 0 Å². The zero-order valence-corrected chi connectivity index (χ0v) is 15.7. The first-order chi connectivity index (χ1) is 12.9. The average Bonchev–Trinajstić information content (AvgIpc) is 3.14. The average molecular weight is 379 g/mol. The molecule has 148 valence electrons. The van der Waals surface area contributed by atoms with E-state index < -0.39 is 11.6 Å². The third-order valence-electron chi connectivity index (χ3n) is 5.79. The summed E-state index contributed by atoms with van der Waals surface area (Å²) in [7, 11) is 0. The molecule has 1 N–H and O–H groups in total. The number of halogens is 2. The van der Waals surface area contributed by atoms with Gasteiger partial charge >= 0.3 is 0 Å². The van der Waals surface area contributed by atoms with Gasteiger partial charge in [0.1, 0.15) is 0 Å². The van der Waals surface area contributed by atoms with Crippen LogP contribution in [0.1, 0.15) is 31.7 Å². The highest BCUT2D eigenvalue weighted by atomic mass is 19.2. The standard InChI is InChI=1S/C20H27F2N3O2/c1-14(26)23-11-19(27)25-10-7-16(13-25)15-5-8-24(9-6-15)12-17-3-2-4-18(21)20(17)22/h2-4,15-16H,5-13H2,1H3,(H,23,26)/t16-/m1/s1. The van der Waals surface area contributed by atoms with E-state index in [1.54, 1.807) is 12.1 Å². The number of hydrogen-bond donors (Lipinski definition) is 1. The number of carbonyl (C=O) groups is 2. The van der Waals surface area contributed by atoms with Gasteiger partial charge in [-0.15, -0.1) is 0 Å². The largest absolute Gasteiger partial charge is 0.347 e. The number of likely N-dealkylation sites (tertiary alicyclic amines) is 2. The molecule has 0 aliphatic carbocycles. The van der Waals surface area contributed by atoms with Crippen LogP contribution in [0.3, 0.4) is 0 Å². The number of amides is 2. The van der Waals surface area contributed by atoms with Crippen LogP contribution in [0.4, 0.5) is 8.78 Å². The predicted molar refractivity (Wildman–Crippen MR) is 97.7 cm³/mol. The SMILES string of the molecule is CC(=O)NCC(=O)N1CC[C@@H](C2CCN(Cc3cccc(F)c3F)CC2)C1. The van der Waals surface area contributed by atoms with Crippen molar-refractivity contribution < 1.29 is 18.4 Å². The Bertz CT molecular complexity index is 690. The minimum Gasteiger partial charge on any atom is -0.347 e. The lowest BCUT2D eigenvalue weighted by Crippen LogP contribution is -2.40. The third kappa shape index (κ3) is 5.03. The maximum absolute atomic E-state index is 13.8. The van der Waals surface area contributed by atoms with Crippen LogP contribution in [0.15, 0.2) is 18.2 Å². The molecule has 27 heavy (non-hydrogen) atoms. The number of rotatable bonds is 5. The molecule has 2 fully saturated rings. The molecule has 2 amide bonds. The van der Waals surface area contributed by atoms with Gasteiger partial charge in [-0.3, -0.25) is 14.5 Å². The van der Waals surface area contributed by atoms with Crippen LogP contribution in [0.25, 0.3) is 0 Å². The summed E-state index contributed by atoms with van der Waals surface area (Å²) in [6.07, 6.45) is 3.01. The minimum atomic E-state index is -0.794. The Labute approximate surface area is 158 Å². The second-order valence-corrected chi connectivity index (χ2v) is 7.62. The Morgan fingerprint density at radius 1 is 1.11 bits per heavy atom. The molecule has 0 unspecified atom stereocenters. The smallest absolute Gasteiger partial charge is 0.241 e. The molecule has 2 aliphatic heterocycles. The van der Waals surface area contributed by atoms with Crippen molar-refractivity contribution >= 4 is 11.8 Å². The van der Waals surface area contributed by atoms with E-state index in [0.29, 0.717) is 23.9 Å². The van der Waals surface area contributed by atoms with Crippen LogP contribution in [-0.4, -0.2) is 54.3 Å². The molecule has 0 radical (unpaired) electrons.